The number of rotatable bonds is 3. The van der Waals surface area contributed by atoms with Crippen LogP contribution in [0.5, 0.6) is 0 Å². The van der Waals surface area contributed by atoms with Crippen molar-refractivity contribution in [2.24, 2.45) is 5.92 Å². The molecule has 0 aromatic carbocycles. The van der Waals surface area contributed by atoms with E-state index in [4.69, 9.17) is 12.2 Å². The van der Waals surface area contributed by atoms with Gasteiger partial charge in [-0.2, -0.15) is 0 Å². The fourth-order valence-electron chi connectivity index (χ4n) is 1.47. The first-order valence-corrected chi connectivity index (χ1v) is 4.65. The fourth-order valence-corrected chi connectivity index (χ4v) is 1.47. The van der Waals surface area contributed by atoms with Gasteiger partial charge in [0.05, 0.1) is 0 Å². The summed E-state index contributed by atoms with van der Waals surface area (Å²) in [5.74, 6) is 3.89. The molecular formula is C11H15N3. The molecule has 0 fully saturated rings. The minimum Gasteiger partial charge on any atom is -0.383 e. The van der Waals surface area contributed by atoms with Gasteiger partial charge in [-0.05, 0) is 5.92 Å². The van der Waals surface area contributed by atoms with E-state index in [1.165, 1.54) is 6.33 Å². The van der Waals surface area contributed by atoms with Gasteiger partial charge < -0.3 is 5.73 Å². The normalized spacial score (nSPS) is 12.4. The molecule has 1 rings (SSSR count). The molecule has 0 amide bonds. The summed E-state index contributed by atoms with van der Waals surface area (Å²) in [6.07, 6.45) is 9.20. The van der Waals surface area contributed by atoms with Crippen LogP contribution in [0.3, 0.4) is 0 Å². The van der Waals surface area contributed by atoms with Gasteiger partial charge in [-0.3, -0.25) is 0 Å². The lowest BCUT2D eigenvalue weighted by Gasteiger charge is -2.19. The second-order valence-electron chi connectivity index (χ2n) is 3.62. The zero-order chi connectivity index (χ0) is 10.6. The van der Waals surface area contributed by atoms with Gasteiger partial charge in [0, 0.05) is 24.1 Å². The Balaban J connectivity index is 3.00. The number of anilines is 1. The van der Waals surface area contributed by atoms with Gasteiger partial charge in [0.2, 0.25) is 0 Å². The second kappa shape index (κ2) is 4.61. The van der Waals surface area contributed by atoms with Gasteiger partial charge in [0.25, 0.3) is 0 Å². The molecule has 74 valence electrons. The molecule has 0 aliphatic rings. The van der Waals surface area contributed by atoms with Crippen LogP contribution in [0.25, 0.3) is 0 Å². The SMILES string of the molecule is C#CCC(c1cncnc1N)C(C)C. The van der Waals surface area contributed by atoms with Gasteiger partial charge in [-0.1, -0.05) is 13.8 Å². The zero-order valence-electron chi connectivity index (χ0n) is 8.57. The maximum Gasteiger partial charge on any atom is 0.130 e. The number of nitrogens with zero attached hydrogens (tertiary/aromatic N) is 2. The predicted molar refractivity (Wildman–Crippen MR) is 57.5 cm³/mol. The van der Waals surface area contributed by atoms with Crippen LogP contribution >= 0.6 is 0 Å². The molecule has 1 atom stereocenters. The van der Waals surface area contributed by atoms with Crippen molar-refractivity contribution in [1.82, 2.24) is 9.97 Å². The Hall–Kier alpha value is -1.56. The van der Waals surface area contributed by atoms with Crippen LogP contribution in [0.2, 0.25) is 0 Å². The minimum atomic E-state index is 0.251. The molecule has 0 radical (unpaired) electrons. The molecule has 1 aromatic rings. The predicted octanol–water partition coefficient (Wildman–Crippen LogP) is 1.82. The lowest BCUT2D eigenvalue weighted by atomic mass is 9.87. The Morgan fingerprint density at radius 3 is 2.79 bits per heavy atom. The first-order chi connectivity index (χ1) is 6.66. The molecule has 1 heterocycles. The summed E-state index contributed by atoms with van der Waals surface area (Å²) in [7, 11) is 0. The lowest BCUT2D eigenvalue weighted by Crippen LogP contribution is -2.10. The number of nitrogen functional groups attached to an aromatic ring is 1. The highest BCUT2D eigenvalue weighted by Gasteiger charge is 2.17. The standard InChI is InChI=1S/C11H15N3/c1-4-5-9(8(2)3)10-6-13-7-14-11(10)12/h1,6-9H,5H2,2-3H3,(H2,12,13,14). The van der Waals surface area contributed by atoms with Crippen LogP contribution in [0, 0.1) is 18.3 Å². The summed E-state index contributed by atoms with van der Waals surface area (Å²) in [4.78, 5) is 7.93. The molecule has 14 heavy (non-hydrogen) atoms. The zero-order valence-corrected chi connectivity index (χ0v) is 8.57. The molecule has 1 aromatic heterocycles. The van der Waals surface area contributed by atoms with Crippen molar-refractivity contribution in [2.75, 3.05) is 5.73 Å². The molecular weight excluding hydrogens is 174 g/mol. The molecule has 1 unspecified atom stereocenters. The minimum absolute atomic E-state index is 0.251. The van der Waals surface area contributed by atoms with Gasteiger partial charge in [0.15, 0.2) is 0 Å². The third-order valence-corrected chi connectivity index (χ3v) is 2.31. The molecule has 0 saturated carbocycles. The highest BCUT2D eigenvalue weighted by molar-refractivity contribution is 5.40. The van der Waals surface area contributed by atoms with Crippen molar-refractivity contribution in [3.05, 3.63) is 18.1 Å². The van der Waals surface area contributed by atoms with Crippen molar-refractivity contribution in [3.63, 3.8) is 0 Å². The number of hydrogen-bond acceptors (Lipinski definition) is 3. The van der Waals surface area contributed by atoms with Crippen LogP contribution in [0.15, 0.2) is 12.5 Å². The summed E-state index contributed by atoms with van der Waals surface area (Å²) in [5, 5.41) is 0. The number of nitrogens with two attached hydrogens (primary N) is 1. The summed E-state index contributed by atoms with van der Waals surface area (Å²) >= 11 is 0. The third kappa shape index (κ3) is 2.23. The van der Waals surface area contributed by atoms with E-state index in [9.17, 15) is 0 Å². The first kappa shape index (κ1) is 10.5. The maximum absolute atomic E-state index is 5.77. The molecule has 2 N–H and O–H groups in total. The number of hydrogen-bond donors (Lipinski definition) is 1. The summed E-state index contributed by atoms with van der Waals surface area (Å²) in [6, 6.07) is 0. The monoisotopic (exact) mass is 189 g/mol. The summed E-state index contributed by atoms with van der Waals surface area (Å²) < 4.78 is 0. The second-order valence-corrected chi connectivity index (χ2v) is 3.62. The highest BCUT2D eigenvalue weighted by atomic mass is 14.9. The summed E-state index contributed by atoms with van der Waals surface area (Å²) in [6.45, 7) is 4.24. The van der Waals surface area contributed by atoms with E-state index in [1.54, 1.807) is 6.20 Å². The Kier molecular flexibility index (Phi) is 3.47. The van der Waals surface area contributed by atoms with Crippen molar-refractivity contribution >= 4 is 5.82 Å². The largest absolute Gasteiger partial charge is 0.383 e. The smallest absolute Gasteiger partial charge is 0.130 e. The molecule has 0 aliphatic carbocycles. The van der Waals surface area contributed by atoms with Crippen molar-refractivity contribution in [1.29, 1.82) is 0 Å². The van der Waals surface area contributed by atoms with Gasteiger partial charge in [0.1, 0.15) is 12.1 Å². The molecule has 0 saturated heterocycles. The molecule has 0 aliphatic heterocycles. The van der Waals surface area contributed by atoms with Crippen LogP contribution in [-0.2, 0) is 0 Å². The van der Waals surface area contributed by atoms with Crippen LogP contribution in [0.4, 0.5) is 5.82 Å². The number of terminal acetylenes is 1. The molecule has 0 bridgehead atoms. The Morgan fingerprint density at radius 2 is 2.29 bits per heavy atom. The average molecular weight is 189 g/mol. The molecule has 0 spiro atoms. The Labute approximate surface area is 84.8 Å². The maximum atomic E-state index is 5.77. The van der Waals surface area contributed by atoms with Crippen molar-refractivity contribution < 1.29 is 0 Å². The average Bonchev–Trinajstić information content (AvgIpc) is 2.15. The van der Waals surface area contributed by atoms with Gasteiger partial charge in [-0.15, -0.1) is 12.3 Å². The van der Waals surface area contributed by atoms with Crippen molar-refractivity contribution in [2.45, 2.75) is 26.2 Å². The van der Waals surface area contributed by atoms with E-state index in [0.717, 1.165) is 5.56 Å². The topological polar surface area (TPSA) is 51.8 Å². The van der Waals surface area contributed by atoms with E-state index in [2.05, 4.69) is 29.7 Å². The van der Waals surface area contributed by atoms with Gasteiger partial charge >= 0.3 is 0 Å². The van der Waals surface area contributed by atoms with E-state index < -0.39 is 0 Å². The van der Waals surface area contributed by atoms with Gasteiger partial charge in [-0.25, -0.2) is 9.97 Å². The third-order valence-electron chi connectivity index (χ3n) is 2.31. The first-order valence-electron chi connectivity index (χ1n) is 4.65. The van der Waals surface area contributed by atoms with Crippen LogP contribution in [0.1, 0.15) is 31.7 Å². The quantitative estimate of drug-likeness (QED) is 0.738. The van der Waals surface area contributed by atoms with Crippen molar-refractivity contribution in [3.8, 4) is 12.3 Å². The fraction of sp³-hybridized carbons (Fsp3) is 0.455. The van der Waals surface area contributed by atoms with E-state index in [1.807, 2.05) is 0 Å². The Bertz CT molecular complexity index is 339. The van der Waals surface area contributed by atoms with E-state index >= 15 is 0 Å². The Morgan fingerprint density at radius 1 is 1.57 bits per heavy atom. The molecule has 3 nitrogen and oxygen atoms in total. The summed E-state index contributed by atoms with van der Waals surface area (Å²) in [5.41, 5.74) is 6.73. The van der Waals surface area contributed by atoms with E-state index in [-0.39, 0.29) is 5.92 Å². The van der Waals surface area contributed by atoms with Crippen LogP contribution < -0.4 is 5.73 Å². The lowest BCUT2D eigenvalue weighted by molar-refractivity contribution is 0.506. The molecule has 3 heteroatoms. The van der Waals surface area contributed by atoms with E-state index in [0.29, 0.717) is 18.2 Å². The number of aromatic nitrogens is 2. The highest BCUT2D eigenvalue weighted by Crippen LogP contribution is 2.29. The van der Waals surface area contributed by atoms with Crippen LogP contribution in [-0.4, -0.2) is 9.97 Å².